The summed E-state index contributed by atoms with van der Waals surface area (Å²) in [6.07, 6.45) is 4.70. The minimum absolute atomic E-state index is 0.0190. The minimum atomic E-state index is -0.863. The van der Waals surface area contributed by atoms with Crippen LogP contribution in [0.1, 0.15) is 45.2 Å². The van der Waals surface area contributed by atoms with Crippen LogP contribution in [0, 0.1) is 5.92 Å². The molecule has 0 aliphatic carbocycles. The lowest BCUT2D eigenvalue weighted by atomic mass is 9.84. The molecular weight excluding hydrogens is 284 g/mol. The third kappa shape index (κ3) is 3.47. The second-order valence-corrected chi connectivity index (χ2v) is 6.04. The molecule has 2 heterocycles. The van der Waals surface area contributed by atoms with Gasteiger partial charge in [-0.1, -0.05) is 20.3 Å². The smallest absolute Gasteiger partial charge is 0.320 e. The van der Waals surface area contributed by atoms with Gasteiger partial charge in [-0.3, -0.25) is 14.9 Å². The summed E-state index contributed by atoms with van der Waals surface area (Å²) in [7, 11) is 0. The number of rotatable bonds is 6. The number of nitrogens with one attached hydrogen (secondary N) is 3. The van der Waals surface area contributed by atoms with Crippen molar-refractivity contribution in [2.24, 2.45) is 5.92 Å². The molecule has 1 unspecified atom stereocenters. The van der Waals surface area contributed by atoms with Crippen LogP contribution >= 0.6 is 0 Å². The summed E-state index contributed by atoms with van der Waals surface area (Å²) in [6.45, 7) is 5.62. The normalized spacial score (nSPS) is 27.3. The van der Waals surface area contributed by atoms with Crippen molar-refractivity contribution in [3.05, 3.63) is 18.2 Å². The van der Waals surface area contributed by atoms with Crippen molar-refractivity contribution in [3.8, 4) is 0 Å². The van der Waals surface area contributed by atoms with E-state index in [1.54, 1.807) is 12.5 Å². The van der Waals surface area contributed by atoms with E-state index < -0.39 is 12.0 Å². The molecule has 1 aromatic heterocycles. The zero-order valence-corrected chi connectivity index (χ0v) is 13.2. The molecule has 1 saturated heterocycles. The Hall–Kier alpha value is -1.89. The molecule has 1 fully saturated rings. The molecule has 1 aliphatic heterocycles. The van der Waals surface area contributed by atoms with Gasteiger partial charge in [0.25, 0.3) is 0 Å². The molecule has 7 heteroatoms. The molecule has 122 valence electrons. The van der Waals surface area contributed by atoms with Crippen LogP contribution in [0.25, 0.3) is 0 Å². The van der Waals surface area contributed by atoms with E-state index in [1.807, 2.05) is 0 Å². The van der Waals surface area contributed by atoms with Gasteiger partial charge in [-0.2, -0.15) is 0 Å². The van der Waals surface area contributed by atoms with Crippen LogP contribution in [0.2, 0.25) is 0 Å². The molecule has 1 amide bonds. The highest BCUT2D eigenvalue weighted by Gasteiger charge is 2.44. The Bertz CT molecular complexity index is 517. The van der Waals surface area contributed by atoms with E-state index in [1.165, 1.54) is 6.92 Å². The molecule has 1 aromatic rings. The number of nitrogens with zero attached hydrogens (tertiary/aromatic N) is 1. The van der Waals surface area contributed by atoms with Crippen LogP contribution in [0.3, 0.4) is 0 Å². The first-order chi connectivity index (χ1) is 10.4. The molecule has 0 saturated carbocycles. The summed E-state index contributed by atoms with van der Waals surface area (Å²) in [5, 5.41) is 15.5. The SMILES string of the molecule is CCC(C)[C@H](NC(C)=O)[C@@H]1N[C@@H](C(=O)O)C[C@H]1c1cnc[nH]1. The van der Waals surface area contributed by atoms with Gasteiger partial charge in [-0.15, -0.1) is 0 Å². The summed E-state index contributed by atoms with van der Waals surface area (Å²) in [5.74, 6) is -0.749. The predicted molar refractivity (Wildman–Crippen MR) is 81.4 cm³/mol. The van der Waals surface area contributed by atoms with E-state index in [4.69, 9.17) is 0 Å². The van der Waals surface area contributed by atoms with Crippen molar-refractivity contribution in [3.63, 3.8) is 0 Å². The maximum absolute atomic E-state index is 11.6. The van der Waals surface area contributed by atoms with Gasteiger partial charge in [-0.25, -0.2) is 4.98 Å². The van der Waals surface area contributed by atoms with Crippen LogP contribution < -0.4 is 10.6 Å². The Labute approximate surface area is 129 Å². The monoisotopic (exact) mass is 308 g/mol. The van der Waals surface area contributed by atoms with Gasteiger partial charge in [0.2, 0.25) is 5.91 Å². The lowest BCUT2D eigenvalue weighted by Crippen LogP contribution is -2.53. The molecule has 0 spiro atoms. The molecule has 22 heavy (non-hydrogen) atoms. The topological polar surface area (TPSA) is 107 Å². The van der Waals surface area contributed by atoms with Crippen LogP contribution in [0.5, 0.6) is 0 Å². The van der Waals surface area contributed by atoms with Crippen molar-refractivity contribution in [1.82, 2.24) is 20.6 Å². The van der Waals surface area contributed by atoms with E-state index in [-0.39, 0.29) is 29.8 Å². The third-order valence-electron chi connectivity index (χ3n) is 4.55. The van der Waals surface area contributed by atoms with Gasteiger partial charge in [0.1, 0.15) is 6.04 Å². The molecule has 0 bridgehead atoms. The Kier molecular flexibility index (Phi) is 5.18. The number of carboxylic acids is 1. The Morgan fingerprint density at radius 1 is 1.55 bits per heavy atom. The molecule has 5 atom stereocenters. The Morgan fingerprint density at radius 2 is 2.27 bits per heavy atom. The molecule has 2 rings (SSSR count). The number of carbonyl (C=O) groups is 2. The van der Waals surface area contributed by atoms with Crippen LogP contribution in [0.4, 0.5) is 0 Å². The minimum Gasteiger partial charge on any atom is -0.480 e. The Balaban J connectivity index is 2.29. The lowest BCUT2D eigenvalue weighted by molar-refractivity contribution is -0.139. The van der Waals surface area contributed by atoms with Crippen molar-refractivity contribution < 1.29 is 14.7 Å². The third-order valence-corrected chi connectivity index (χ3v) is 4.55. The number of carboxylic acid groups (broad SMARTS) is 1. The standard InChI is InChI=1S/C15H24N4O3/c1-4-8(2)13(18-9(3)20)14-10(12-6-16-7-17-12)5-11(19-14)15(21)22/h6-8,10-11,13-14,19H,4-5H2,1-3H3,(H,16,17)(H,18,20)(H,21,22)/t8?,10-,11+,13-,14+/m0/s1. The van der Waals surface area contributed by atoms with Crippen LogP contribution in [0.15, 0.2) is 12.5 Å². The zero-order valence-electron chi connectivity index (χ0n) is 13.2. The first-order valence-corrected chi connectivity index (χ1v) is 7.68. The first kappa shape index (κ1) is 16.5. The maximum Gasteiger partial charge on any atom is 0.320 e. The van der Waals surface area contributed by atoms with E-state index in [0.29, 0.717) is 6.42 Å². The fourth-order valence-electron chi connectivity index (χ4n) is 3.21. The molecular formula is C15H24N4O3. The lowest BCUT2D eigenvalue weighted by Gasteiger charge is -2.33. The summed E-state index contributed by atoms with van der Waals surface area (Å²) in [5.41, 5.74) is 0.903. The quantitative estimate of drug-likeness (QED) is 0.623. The highest BCUT2D eigenvalue weighted by molar-refractivity contribution is 5.75. The van der Waals surface area contributed by atoms with Crippen molar-refractivity contribution >= 4 is 11.9 Å². The number of imidazole rings is 1. The zero-order chi connectivity index (χ0) is 16.3. The first-order valence-electron chi connectivity index (χ1n) is 7.68. The average molecular weight is 308 g/mol. The van der Waals surface area contributed by atoms with Crippen molar-refractivity contribution in [2.45, 2.75) is 57.7 Å². The number of hydrogen-bond acceptors (Lipinski definition) is 4. The van der Waals surface area contributed by atoms with Gasteiger partial charge in [-0.05, 0) is 12.3 Å². The summed E-state index contributed by atoms with van der Waals surface area (Å²) >= 11 is 0. The second kappa shape index (κ2) is 6.91. The molecule has 4 N–H and O–H groups in total. The predicted octanol–water partition coefficient (Wildman–Crippen LogP) is 0.859. The number of aromatic nitrogens is 2. The van der Waals surface area contributed by atoms with Gasteiger partial charge < -0.3 is 15.4 Å². The van der Waals surface area contributed by atoms with Crippen LogP contribution in [-0.4, -0.2) is 45.1 Å². The van der Waals surface area contributed by atoms with Gasteiger partial charge in [0, 0.05) is 36.8 Å². The summed E-state index contributed by atoms with van der Waals surface area (Å²) in [6, 6.07) is -0.876. The highest BCUT2D eigenvalue weighted by atomic mass is 16.4. The number of aliphatic carboxylic acids is 1. The number of amides is 1. The van der Waals surface area contributed by atoms with Crippen LogP contribution in [-0.2, 0) is 9.59 Å². The fourth-order valence-corrected chi connectivity index (χ4v) is 3.21. The van der Waals surface area contributed by atoms with E-state index in [9.17, 15) is 14.7 Å². The Morgan fingerprint density at radius 3 is 2.77 bits per heavy atom. The summed E-state index contributed by atoms with van der Waals surface area (Å²) in [4.78, 5) is 30.1. The number of aromatic amines is 1. The fraction of sp³-hybridized carbons (Fsp3) is 0.667. The molecule has 1 aliphatic rings. The molecule has 0 radical (unpaired) electrons. The van der Waals surface area contributed by atoms with Crippen molar-refractivity contribution in [1.29, 1.82) is 0 Å². The summed E-state index contributed by atoms with van der Waals surface area (Å²) < 4.78 is 0. The number of H-pyrrole nitrogens is 1. The van der Waals surface area contributed by atoms with E-state index in [2.05, 4.69) is 34.4 Å². The second-order valence-electron chi connectivity index (χ2n) is 6.04. The van der Waals surface area contributed by atoms with Gasteiger partial charge >= 0.3 is 5.97 Å². The number of carbonyl (C=O) groups excluding carboxylic acids is 1. The van der Waals surface area contributed by atoms with Crippen molar-refractivity contribution in [2.75, 3.05) is 0 Å². The van der Waals surface area contributed by atoms with Gasteiger partial charge in [0.15, 0.2) is 0 Å². The maximum atomic E-state index is 11.6. The van der Waals surface area contributed by atoms with E-state index >= 15 is 0 Å². The highest BCUT2D eigenvalue weighted by Crippen LogP contribution is 2.33. The molecule has 7 nitrogen and oxygen atoms in total. The largest absolute Gasteiger partial charge is 0.480 e. The average Bonchev–Trinajstić information content (AvgIpc) is 3.11. The van der Waals surface area contributed by atoms with Gasteiger partial charge in [0.05, 0.1) is 6.33 Å². The van der Waals surface area contributed by atoms with E-state index in [0.717, 1.165) is 12.1 Å². The molecule has 0 aromatic carbocycles. The number of hydrogen-bond donors (Lipinski definition) is 4.